The van der Waals surface area contributed by atoms with Crippen molar-refractivity contribution in [1.29, 1.82) is 0 Å². The van der Waals surface area contributed by atoms with Gasteiger partial charge in [-0.2, -0.15) is 0 Å². The summed E-state index contributed by atoms with van der Waals surface area (Å²) in [6, 6.07) is 5.71. The van der Waals surface area contributed by atoms with Gasteiger partial charge in [-0.15, -0.1) is 0 Å². The first-order chi connectivity index (χ1) is 9.65. The van der Waals surface area contributed by atoms with Gasteiger partial charge in [0.2, 0.25) is 12.7 Å². The number of ether oxygens (including phenoxy) is 2. The SMILES string of the molecule is CC(C)CNCCC(=O)NCc1ccc2c(c1)OCO2. The number of carbonyl (C=O) groups excluding carboxylic acids is 1. The van der Waals surface area contributed by atoms with Gasteiger partial charge < -0.3 is 20.1 Å². The molecular formula is C15H22N2O3. The minimum Gasteiger partial charge on any atom is -0.454 e. The topological polar surface area (TPSA) is 59.6 Å². The zero-order valence-corrected chi connectivity index (χ0v) is 12.1. The van der Waals surface area contributed by atoms with E-state index in [4.69, 9.17) is 9.47 Å². The number of carbonyl (C=O) groups is 1. The average molecular weight is 278 g/mol. The molecule has 0 saturated heterocycles. The summed E-state index contributed by atoms with van der Waals surface area (Å²) >= 11 is 0. The molecule has 20 heavy (non-hydrogen) atoms. The molecule has 1 aliphatic rings. The van der Waals surface area contributed by atoms with Crippen LogP contribution in [0, 0.1) is 5.92 Å². The largest absolute Gasteiger partial charge is 0.454 e. The highest BCUT2D eigenvalue weighted by molar-refractivity contribution is 5.76. The summed E-state index contributed by atoms with van der Waals surface area (Å²) in [7, 11) is 0. The number of fused-ring (bicyclic) bond motifs is 1. The van der Waals surface area contributed by atoms with Gasteiger partial charge in [-0.1, -0.05) is 19.9 Å². The molecule has 0 spiro atoms. The predicted molar refractivity (Wildman–Crippen MR) is 76.7 cm³/mol. The molecule has 5 heteroatoms. The van der Waals surface area contributed by atoms with E-state index in [9.17, 15) is 4.79 Å². The van der Waals surface area contributed by atoms with E-state index in [1.54, 1.807) is 0 Å². The molecule has 1 heterocycles. The van der Waals surface area contributed by atoms with Gasteiger partial charge in [-0.05, 0) is 30.2 Å². The summed E-state index contributed by atoms with van der Waals surface area (Å²) < 4.78 is 10.5. The van der Waals surface area contributed by atoms with E-state index >= 15 is 0 Å². The first-order valence-electron chi connectivity index (χ1n) is 7.01. The summed E-state index contributed by atoms with van der Waals surface area (Å²) in [6.07, 6.45) is 0.497. The zero-order chi connectivity index (χ0) is 14.4. The predicted octanol–water partition coefficient (Wildman–Crippen LogP) is 1.67. The Morgan fingerprint density at radius 1 is 1.30 bits per heavy atom. The maximum atomic E-state index is 11.7. The lowest BCUT2D eigenvalue weighted by atomic mass is 10.2. The van der Waals surface area contributed by atoms with Crippen LogP contribution < -0.4 is 20.1 Å². The van der Waals surface area contributed by atoms with Crippen LogP contribution in [0.4, 0.5) is 0 Å². The molecule has 1 aromatic carbocycles. The number of amides is 1. The van der Waals surface area contributed by atoms with Crippen molar-refractivity contribution in [1.82, 2.24) is 10.6 Å². The van der Waals surface area contributed by atoms with Gasteiger partial charge in [0.05, 0.1) is 0 Å². The Labute approximate surface area is 119 Å². The van der Waals surface area contributed by atoms with E-state index in [0.29, 0.717) is 25.4 Å². The van der Waals surface area contributed by atoms with E-state index in [2.05, 4.69) is 24.5 Å². The fourth-order valence-electron chi connectivity index (χ4n) is 1.93. The molecule has 0 aromatic heterocycles. The van der Waals surface area contributed by atoms with Crippen LogP contribution in [-0.2, 0) is 11.3 Å². The van der Waals surface area contributed by atoms with Gasteiger partial charge in [0.25, 0.3) is 0 Å². The molecule has 1 aliphatic heterocycles. The third-order valence-electron chi connectivity index (χ3n) is 3.01. The van der Waals surface area contributed by atoms with Gasteiger partial charge in [0, 0.05) is 19.5 Å². The highest BCUT2D eigenvalue weighted by Gasteiger charge is 2.13. The van der Waals surface area contributed by atoms with Crippen LogP contribution in [0.1, 0.15) is 25.8 Å². The summed E-state index contributed by atoms with van der Waals surface area (Å²) in [5.41, 5.74) is 1.01. The average Bonchev–Trinajstić information content (AvgIpc) is 2.88. The van der Waals surface area contributed by atoms with Crippen molar-refractivity contribution in [3.8, 4) is 11.5 Å². The van der Waals surface area contributed by atoms with Crippen molar-refractivity contribution in [2.24, 2.45) is 5.92 Å². The molecule has 5 nitrogen and oxygen atoms in total. The third kappa shape index (κ3) is 4.42. The Morgan fingerprint density at radius 3 is 2.90 bits per heavy atom. The van der Waals surface area contributed by atoms with Crippen LogP contribution in [0.15, 0.2) is 18.2 Å². The zero-order valence-electron chi connectivity index (χ0n) is 12.1. The van der Waals surface area contributed by atoms with Gasteiger partial charge in [0.1, 0.15) is 0 Å². The third-order valence-corrected chi connectivity index (χ3v) is 3.01. The van der Waals surface area contributed by atoms with E-state index < -0.39 is 0 Å². The Bertz CT molecular complexity index is 460. The van der Waals surface area contributed by atoms with Crippen molar-refractivity contribution in [3.63, 3.8) is 0 Å². The van der Waals surface area contributed by atoms with Crippen molar-refractivity contribution in [2.45, 2.75) is 26.8 Å². The van der Waals surface area contributed by atoms with E-state index in [-0.39, 0.29) is 12.7 Å². The summed E-state index contributed by atoms with van der Waals surface area (Å²) in [6.45, 7) is 6.73. The molecule has 1 amide bonds. The molecule has 2 N–H and O–H groups in total. The smallest absolute Gasteiger partial charge is 0.231 e. The molecule has 0 fully saturated rings. The second kappa shape index (κ2) is 7.14. The fourth-order valence-corrected chi connectivity index (χ4v) is 1.93. The molecule has 1 aromatic rings. The van der Waals surface area contributed by atoms with Crippen molar-refractivity contribution >= 4 is 5.91 Å². The number of rotatable bonds is 7. The van der Waals surface area contributed by atoms with Crippen LogP contribution in [0.3, 0.4) is 0 Å². The Balaban J connectivity index is 1.68. The minimum atomic E-state index is 0.0546. The second-order valence-corrected chi connectivity index (χ2v) is 5.31. The monoisotopic (exact) mass is 278 g/mol. The molecule has 2 rings (SSSR count). The lowest BCUT2D eigenvalue weighted by Gasteiger charge is -2.08. The summed E-state index contributed by atoms with van der Waals surface area (Å²) in [5, 5.41) is 6.15. The molecule has 0 radical (unpaired) electrons. The molecule has 0 saturated carbocycles. The van der Waals surface area contributed by atoms with Crippen LogP contribution in [0.5, 0.6) is 11.5 Å². The number of hydrogen-bond acceptors (Lipinski definition) is 4. The van der Waals surface area contributed by atoms with Crippen molar-refractivity contribution < 1.29 is 14.3 Å². The summed E-state index contributed by atoms with van der Waals surface area (Å²) in [5.74, 6) is 2.17. The highest BCUT2D eigenvalue weighted by Crippen LogP contribution is 2.32. The van der Waals surface area contributed by atoms with Gasteiger partial charge >= 0.3 is 0 Å². The van der Waals surface area contributed by atoms with Crippen LogP contribution in [0.25, 0.3) is 0 Å². The fraction of sp³-hybridized carbons (Fsp3) is 0.533. The van der Waals surface area contributed by atoms with Gasteiger partial charge in [-0.3, -0.25) is 4.79 Å². The molecule has 110 valence electrons. The summed E-state index contributed by atoms with van der Waals surface area (Å²) in [4.78, 5) is 11.7. The lowest BCUT2D eigenvalue weighted by Crippen LogP contribution is -2.28. The van der Waals surface area contributed by atoms with E-state index in [0.717, 1.165) is 23.6 Å². The lowest BCUT2D eigenvalue weighted by molar-refractivity contribution is -0.121. The van der Waals surface area contributed by atoms with Crippen LogP contribution in [0.2, 0.25) is 0 Å². The second-order valence-electron chi connectivity index (χ2n) is 5.31. The standard InChI is InChI=1S/C15H22N2O3/c1-11(2)8-16-6-5-15(18)17-9-12-3-4-13-14(7-12)20-10-19-13/h3-4,7,11,16H,5-6,8-10H2,1-2H3,(H,17,18). The first-order valence-corrected chi connectivity index (χ1v) is 7.01. The van der Waals surface area contributed by atoms with E-state index in [1.165, 1.54) is 0 Å². The maximum Gasteiger partial charge on any atom is 0.231 e. The molecular weight excluding hydrogens is 256 g/mol. The number of hydrogen-bond donors (Lipinski definition) is 2. The normalized spacial score (nSPS) is 12.8. The molecule has 0 atom stereocenters. The molecule has 0 bridgehead atoms. The Morgan fingerprint density at radius 2 is 2.10 bits per heavy atom. The van der Waals surface area contributed by atoms with Crippen LogP contribution in [-0.4, -0.2) is 25.8 Å². The molecule has 0 unspecified atom stereocenters. The highest BCUT2D eigenvalue weighted by atomic mass is 16.7. The van der Waals surface area contributed by atoms with Crippen molar-refractivity contribution in [3.05, 3.63) is 23.8 Å². The number of nitrogens with one attached hydrogen (secondary N) is 2. The maximum absolute atomic E-state index is 11.7. The van der Waals surface area contributed by atoms with Gasteiger partial charge in [0.15, 0.2) is 11.5 Å². The Hall–Kier alpha value is -1.75. The van der Waals surface area contributed by atoms with Gasteiger partial charge in [-0.25, -0.2) is 0 Å². The van der Waals surface area contributed by atoms with E-state index in [1.807, 2.05) is 18.2 Å². The Kier molecular flexibility index (Phi) is 5.24. The van der Waals surface area contributed by atoms with Crippen LogP contribution >= 0.6 is 0 Å². The molecule has 0 aliphatic carbocycles. The minimum absolute atomic E-state index is 0.0546. The van der Waals surface area contributed by atoms with Crippen molar-refractivity contribution in [2.75, 3.05) is 19.9 Å². The number of benzene rings is 1. The first kappa shape index (κ1) is 14.7. The quantitative estimate of drug-likeness (QED) is 0.745.